The molecule has 26 heavy (non-hydrogen) atoms. The predicted octanol–water partition coefficient (Wildman–Crippen LogP) is 2.59. The first-order chi connectivity index (χ1) is 12.0. The Labute approximate surface area is 152 Å². The zero-order chi connectivity index (χ0) is 19.3. The van der Waals surface area contributed by atoms with Crippen LogP contribution in [-0.4, -0.2) is 53.5 Å². The highest BCUT2D eigenvalue weighted by Gasteiger charge is 2.52. The van der Waals surface area contributed by atoms with Crippen LogP contribution < -0.4 is 4.74 Å². The number of rotatable bonds is 1. The van der Waals surface area contributed by atoms with Crippen molar-refractivity contribution in [3.8, 4) is 5.75 Å². The number of fused-ring (bicyclic) bond motifs is 1. The molecular formula is C19H25NO6. The van der Waals surface area contributed by atoms with Gasteiger partial charge in [0.2, 0.25) is 0 Å². The number of hydrogen-bond acceptors (Lipinski definition) is 6. The lowest BCUT2D eigenvalue weighted by molar-refractivity contribution is -0.114. The molecule has 0 aliphatic carbocycles. The molecule has 142 valence electrons. The van der Waals surface area contributed by atoms with Gasteiger partial charge in [-0.1, -0.05) is 0 Å². The van der Waals surface area contributed by atoms with Gasteiger partial charge in [0.25, 0.3) is 0 Å². The van der Waals surface area contributed by atoms with E-state index in [0.717, 1.165) is 5.56 Å². The molecule has 0 aromatic heterocycles. The van der Waals surface area contributed by atoms with Crippen molar-refractivity contribution < 1.29 is 28.9 Å². The second-order valence-electron chi connectivity index (χ2n) is 8.04. The van der Waals surface area contributed by atoms with Gasteiger partial charge >= 0.3 is 12.1 Å². The van der Waals surface area contributed by atoms with E-state index in [2.05, 4.69) is 0 Å². The van der Waals surface area contributed by atoms with Crippen LogP contribution in [0, 0.1) is 6.92 Å². The van der Waals surface area contributed by atoms with Crippen LogP contribution in [0.5, 0.6) is 5.75 Å². The number of hydrogen-bond donors (Lipinski definition) is 1. The molecule has 7 heteroatoms. The molecule has 1 saturated heterocycles. The van der Waals surface area contributed by atoms with Crippen molar-refractivity contribution in [2.75, 3.05) is 20.2 Å². The summed E-state index contributed by atoms with van der Waals surface area (Å²) >= 11 is 0. The van der Waals surface area contributed by atoms with Gasteiger partial charge in [-0.25, -0.2) is 9.59 Å². The molecule has 7 nitrogen and oxygen atoms in total. The predicted molar refractivity (Wildman–Crippen MR) is 93.3 cm³/mol. The molecule has 1 amide bonds. The smallest absolute Gasteiger partial charge is 0.410 e. The molecule has 2 aliphatic heterocycles. The highest BCUT2D eigenvalue weighted by Crippen LogP contribution is 2.45. The first-order valence-corrected chi connectivity index (χ1v) is 8.61. The van der Waals surface area contributed by atoms with Crippen LogP contribution in [0.15, 0.2) is 12.1 Å². The van der Waals surface area contributed by atoms with Crippen LogP contribution in [0.3, 0.4) is 0 Å². The molecule has 2 aliphatic rings. The van der Waals surface area contributed by atoms with Crippen molar-refractivity contribution in [2.45, 2.75) is 51.4 Å². The number of methoxy groups -OCH3 is 1. The summed E-state index contributed by atoms with van der Waals surface area (Å²) in [5.74, 6) is 0.00518. The summed E-state index contributed by atoms with van der Waals surface area (Å²) in [4.78, 5) is 25.6. The van der Waals surface area contributed by atoms with E-state index in [4.69, 9.17) is 14.2 Å². The van der Waals surface area contributed by atoms with E-state index in [1.54, 1.807) is 24.0 Å². The molecule has 1 atom stereocenters. The van der Waals surface area contributed by atoms with Crippen LogP contribution in [0.2, 0.25) is 0 Å². The minimum Gasteiger partial charge on any atom is -0.483 e. The molecule has 3 rings (SSSR count). The molecule has 1 fully saturated rings. The number of amides is 1. The van der Waals surface area contributed by atoms with Crippen LogP contribution in [0.25, 0.3) is 0 Å². The maximum Gasteiger partial charge on any atom is 0.410 e. The number of aliphatic hydroxyl groups is 1. The Morgan fingerprint density at radius 2 is 1.96 bits per heavy atom. The molecule has 0 radical (unpaired) electrons. The zero-order valence-electron chi connectivity index (χ0n) is 15.8. The fourth-order valence-electron chi connectivity index (χ4n) is 3.42. The van der Waals surface area contributed by atoms with Gasteiger partial charge < -0.3 is 24.2 Å². The van der Waals surface area contributed by atoms with Gasteiger partial charge in [-0.15, -0.1) is 0 Å². The third-order valence-electron chi connectivity index (χ3n) is 4.62. The summed E-state index contributed by atoms with van der Waals surface area (Å²) in [7, 11) is 1.32. The van der Waals surface area contributed by atoms with Crippen LogP contribution >= 0.6 is 0 Å². The van der Waals surface area contributed by atoms with Crippen molar-refractivity contribution in [1.82, 2.24) is 4.90 Å². The third-order valence-corrected chi connectivity index (χ3v) is 4.62. The van der Waals surface area contributed by atoms with Gasteiger partial charge in [0.1, 0.15) is 17.0 Å². The van der Waals surface area contributed by atoms with Crippen molar-refractivity contribution in [2.24, 2.45) is 0 Å². The largest absolute Gasteiger partial charge is 0.483 e. The van der Waals surface area contributed by atoms with Crippen molar-refractivity contribution in [3.63, 3.8) is 0 Å². The van der Waals surface area contributed by atoms with Crippen LogP contribution in [0.1, 0.15) is 54.8 Å². The van der Waals surface area contributed by atoms with Gasteiger partial charge in [0, 0.05) is 12.0 Å². The minimum atomic E-state index is -0.718. The summed E-state index contributed by atoms with van der Waals surface area (Å²) in [6.45, 7) is 7.90. The first-order valence-electron chi connectivity index (χ1n) is 8.61. The topological polar surface area (TPSA) is 85.3 Å². The molecule has 0 bridgehead atoms. The molecule has 2 heterocycles. The highest BCUT2D eigenvalue weighted by atomic mass is 16.6. The minimum absolute atomic E-state index is 0.333. The number of benzene rings is 1. The molecule has 1 spiro atoms. The maximum absolute atomic E-state index is 12.1. The van der Waals surface area contributed by atoms with E-state index >= 15 is 0 Å². The lowest BCUT2D eigenvalue weighted by Gasteiger charge is -2.52. The molecule has 1 unspecified atom stereocenters. The SMILES string of the molecule is COC(=O)c1cc2c(cc1C)C(O)CC1(CN(C(=O)OC(C)(C)C)C1)O2. The van der Waals surface area contributed by atoms with E-state index < -0.39 is 29.4 Å². The summed E-state index contributed by atoms with van der Waals surface area (Å²) in [6, 6.07) is 3.36. The molecular weight excluding hydrogens is 338 g/mol. The lowest BCUT2D eigenvalue weighted by atomic mass is 9.82. The van der Waals surface area contributed by atoms with Gasteiger partial charge in [-0.2, -0.15) is 0 Å². The Hall–Kier alpha value is -2.28. The molecule has 1 aromatic rings. The van der Waals surface area contributed by atoms with Gasteiger partial charge in [-0.3, -0.25) is 0 Å². The zero-order valence-corrected chi connectivity index (χ0v) is 15.8. The van der Waals surface area contributed by atoms with E-state index in [0.29, 0.717) is 36.4 Å². The lowest BCUT2D eigenvalue weighted by Crippen LogP contribution is -2.68. The van der Waals surface area contributed by atoms with Crippen LogP contribution in [-0.2, 0) is 9.47 Å². The fraction of sp³-hybridized carbons (Fsp3) is 0.579. The summed E-state index contributed by atoms with van der Waals surface area (Å²) in [6.07, 6.45) is -0.729. The summed E-state index contributed by atoms with van der Waals surface area (Å²) in [5, 5.41) is 10.6. The Morgan fingerprint density at radius 3 is 2.54 bits per heavy atom. The number of carbonyl (C=O) groups excluding carboxylic acids is 2. The number of aliphatic hydroxyl groups excluding tert-OH is 1. The van der Waals surface area contributed by atoms with Gasteiger partial charge in [0.05, 0.1) is 31.9 Å². The van der Waals surface area contributed by atoms with Crippen molar-refractivity contribution in [3.05, 3.63) is 28.8 Å². The second-order valence-corrected chi connectivity index (χ2v) is 8.04. The molecule has 0 saturated carbocycles. The number of likely N-dealkylation sites (tertiary alicyclic amines) is 1. The van der Waals surface area contributed by atoms with Gasteiger partial charge in [-0.05, 0) is 45.4 Å². The maximum atomic E-state index is 12.1. The van der Waals surface area contributed by atoms with E-state index in [9.17, 15) is 14.7 Å². The second kappa shape index (κ2) is 6.16. The Kier molecular flexibility index (Phi) is 4.38. The normalized spacial score (nSPS) is 20.7. The Bertz CT molecular complexity index is 745. The Balaban J connectivity index is 1.78. The average Bonchev–Trinajstić information content (AvgIpc) is 2.50. The van der Waals surface area contributed by atoms with Crippen molar-refractivity contribution in [1.29, 1.82) is 0 Å². The third kappa shape index (κ3) is 3.35. The summed E-state index contributed by atoms with van der Waals surface area (Å²) < 4.78 is 16.3. The van der Waals surface area contributed by atoms with Crippen LogP contribution in [0.4, 0.5) is 4.79 Å². The highest BCUT2D eigenvalue weighted by molar-refractivity contribution is 5.91. The van der Waals surface area contributed by atoms with E-state index in [-0.39, 0.29) is 0 Å². The molecule has 1 N–H and O–H groups in total. The quantitative estimate of drug-likeness (QED) is 0.772. The number of aryl methyl sites for hydroxylation is 1. The Morgan fingerprint density at radius 1 is 1.31 bits per heavy atom. The van der Waals surface area contributed by atoms with E-state index in [1.807, 2.05) is 20.8 Å². The molecule has 1 aromatic carbocycles. The van der Waals surface area contributed by atoms with E-state index in [1.165, 1.54) is 7.11 Å². The summed E-state index contributed by atoms with van der Waals surface area (Å²) in [5.41, 5.74) is 0.548. The van der Waals surface area contributed by atoms with Crippen molar-refractivity contribution >= 4 is 12.1 Å². The number of nitrogens with zero attached hydrogens (tertiary/aromatic N) is 1. The number of carbonyl (C=O) groups is 2. The van der Waals surface area contributed by atoms with Gasteiger partial charge in [0.15, 0.2) is 0 Å². The number of ether oxygens (including phenoxy) is 3. The fourth-order valence-corrected chi connectivity index (χ4v) is 3.42. The average molecular weight is 363 g/mol. The first kappa shape index (κ1) is 18.5. The monoisotopic (exact) mass is 363 g/mol. The number of esters is 1. The standard InChI is InChI=1S/C19H25NO6/c1-11-6-13-14(21)8-19(25-15(13)7-12(11)16(22)24-5)9-20(10-19)17(23)26-18(2,3)4/h6-7,14,21H,8-10H2,1-5H3.